The average Bonchev–Trinajstić information content (AvgIpc) is 3.20. The van der Waals surface area contributed by atoms with Crippen molar-refractivity contribution in [3.05, 3.63) is 71.0 Å². The number of aryl methyl sites for hydroxylation is 1. The smallest absolute Gasteiger partial charge is 0.325 e. The minimum Gasteiger partial charge on any atom is -0.383 e. The molecule has 3 aromatic rings. The number of urea groups is 1. The Hall–Kier alpha value is -3.45. The number of amides is 3. The van der Waals surface area contributed by atoms with Crippen molar-refractivity contribution in [3.63, 3.8) is 0 Å². The average molecular weight is 448 g/mol. The first-order chi connectivity index (χ1) is 15.7. The predicted molar refractivity (Wildman–Crippen MR) is 126 cm³/mol. The molecule has 4 rings (SSSR count). The molecular formula is C26H29N3O4. The van der Waals surface area contributed by atoms with Gasteiger partial charge in [0.15, 0.2) is 5.78 Å². The van der Waals surface area contributed by atoms with Crippen LogP contribution in [0.25, 0.3) is 10.8 Å². The molecule has 0 saturated carbocycles. The van der Waals surface area contributed by atoms with Gasteiger partial charge in [0.05, 0.1) is 19.2 Å². The number of hydrogen-bond acceptors (Lipinski definition) is 4. The molecule has 172 valence electrons. The Kier molecular flexibility index (Phi) is 5.84. The lowest BCUT2D eigenvalue weighted by atomic mass is 9.88. The quantitative estimate of drug-likeness (QED) is 0.437. The van der Waals surface area contributed by atoms with E-state index in [0.29, 0.717) is 17.7 Å². The molecule has 7 heteroatoms. The van der Waals surface area contributed by atoms with Gasteiger partial charge in [-0.15, -0.1) is 0 Å². The third-order valence-corrected chi connectivity index (χ3v) is 6.54. The number of methoxy groups -OCH3 is 1. The number of carbonyl (C=O) groups excluding carboxylic acids is 3. The Morgan fingerprint density at radius 2 is 1.82 bits per heavy atom. The zero-order chi connectivity index (χ0) is 23.9. The van der Waals surface area contributed by atoms with Crippen LogP contribution in [0.3, 0.4) is 0 Å². The lowest BCUT2D eigenvalue weighted by Gasteiger charge is -2.24. The maximum Gasteiger partial charge on any atom is 0.325 e. The largest absolute Gasteiger partial charge is 0.383 e. The number of rotatable bonds is 7. The SMILES string of the molecule is COCC(C)n1c(C)cc(C(=O)CN2C(=O)NC(C)(c3cccc4ccccc34)C2=O)c1C. The standard InChI is InChI=1S/C26H29N3O4/c1-16-13-21(18(3)29(16)17(2)15-33-5)23(30)14-28-24(31)26(4,27-25(28)32)22-12-8-10-19-9-6-7-11-20(19)22/h6-13,17H,14-15H2,1-5H3,(H,27,32). The molecule has 2 heterocycles. The van der Waals surface area contributed by atoms with Gasteiger partial charge in [-0.2, -0.15) is 0 Å². The summed E-state index contributed by atoms with van der Waals surface area (Å²) in [5.41, 5.74) is 1.70. The van der Waals surface area contributed by atoms with Crippen LogP contribution in [0.4, 0.5) is 4.79 Å². The molecule has 2 unspecified atom stereocenters. The van der Waals surface area contributed by atoms with Crippen LogP contribution in [0.2, 0.25) is 0 Å². The first-order valence-corrected chi connectivity index (χ1v) is 11.0. The van der Waals surface area contributed by atoms with Gasteiger partial charge in [-0.1, -0.05) is 42.5 Å². The van der Waals surface area contributed by atoms with Crippen molar-refractivity contribution in [1.82, 2.24) is 14.8 Å². The van der Waals surface area contributed by atoms with E-state index in [-0.39, 0.29) is 18.4 Å². The van der Waals surface area contributed by atoms with Gasteiger partial charge in [0.25, 0.3) is 5.91 Å². The second-order valence-electron chi connectivity index (χ2n) is 8.86. The Bertz CT molecular complexity index is 1260. The molecule has 0 bridgehead atoms. The molecule has 1 aliphatic rings. The molecule has 0 spiro atoms. The fourth-order valence-corrected chi connectivity index (χ4v) is 4.97. The maximum absolute atomic E-state index is 13.5. The van der Waals surface area contributed by atoms with Gasteiger partial charge in [-0.25, -0.2) is 4.79 Å². The van der Waals surface area contributed by atoms with Crippen LogP contribution >= 0.6 is 0 Å². The van der Waals surface area contributed by atoms with E-state index in [2.05, 4.69) is 5.32 Å². The molecule has 0 radical (unpaired) electrons. The molecule has 0 aliphatic carbocycles. The number of carbonyl (C=O) groups is 3. The van der Waals surface area contributed by atoms with Crippen LogP contribution in [0.1, 0.15) is 47.2 Å². The van der Waals surface area contributed by atoms with Crippen LogP contribution in [0.15, 0.2) is 48.5 Å². The third kappa shape index (κ3) is 3.72. The van der Waals surface area contributed by atoms with E-state index in [9.17, 15) is 14.4 Å². The van der Waals surface area contributed by atoms with Gasteiger partial charge in [-0.05, 0) is 50.1 Å². The second-order valence-corrected chi connectivity index (χ2v) is 8.86. The lowest BCUT2D eigenvalue weighted by molar-refractivity contribution is -0.130. The normalized spacial score (nSPS) is 19.2. The van der Waals surface area contributed by atoms with Gasteiger partial charge in [0.1, 0.15) is 5.54 Å². The van der Waals surface area contributed by atoms with Gasteiger partial charge in [0, 0.05) is 24.1 Å². The number of ether oxygens (including phenoxy) is 1. The molecule has 1 saturated heterocycles. The molecule has 33 heavy (non-hydrogen) atoms. The van der Waals surface area contributed by atoms with Crippen molar-refractivity contribution in [2.75, 3.05) is 20.3 Å². The van der Waals surface area contributed by atoms with Crippen molar-refractivity contribution < 1.29 is 19.1 Å². The maximum atomic E-state index is 13.5. The fourth-order valence-electron chi connectivity index (χ4n) is 4.97. The van der Waals surface area contributed by atoms with Gasteiger partial charge in [-0.3, -0.25) is 14.5 Å². The molecule has 3 amide bonds. The Morgan fingerprint density at radius 3 is 2.55 bits per heavy atom. The van der Waals surface area contributed by atoms with Crippen LogP contribution in [0.5, 0.6) is 0 Å². The monoisotopic (exact) mass is 447 g/mol. The summed E-state index contributed by atoms with van der Waals surface area (Å²) in [6, 6.07) is 14.7. The number of nitrogens with zero attached hydrogens (tertiary/aromatic N) is 2. The Labute approximate surface area is 193 Å². The van der Waals surface area contributed by atoms with E-state index < -0.39 is 17.5 Å². The first-order valence-electron chi connectivity index (χ1n) is 11.0. The number of benzene rings is 2. The number of fused-ring (bicyclic) bond motifs is 1. The number of nitrogens with one attached hydrogen (secondary N) is 1. The molecule has 1 N–H and O–H groups in total. The highest BCUT2D eigenvalue weighted by Crippen LogP contribution is 2.34. The van der Waals surface area contributed by atoms with Crippen molar-refractivity contribution in [3.8, 4) is 0 Å². The zero-order valence-electron chi connectivity index (χ0n) is 19.6. The highest BCUT2D eigenvalue weighted by atomic mass is 16.5. The molecule has 7 nitrogen and oxygen atoms in total. The summed E-state index contributed by atoms with van der Waals surface area (Å²) in [6.07, 6.45) is 0. The molecule has 1 aromatic heterocycles. The van der Waals surface area contributed by atoms with Crippen LogP contribution in [-0.2, 0) is 15.1 Å². The van der Waals surface area contributed by atoms with Crippen molar-refractivity contribution >= 4 is 28.5 Å². The highest BCUT2D eigenvalue weighted by Gasteiger charge is 2.50. The number of ketones is 1. The molecule has 2 atom stereocenters. The Morgan fingerprint density at radius 1 is 1.12 bits per heavy atom. The summed E-state index contributed by atoms with van der Waals surface area (Å²) >= 11 is 0. The molecule has 2 aromatic carbocycles. The van der Waals surface area contributed by atoms with Crippen LogP contribution < -0.4 is 5.32 Å². The predicted octanol–water partition coefficient (Wildman–Crippen LogP) is 4.12. The third-order valence-electron chi connectivity index (χ3n) is 6.54. The summed E-state index contributed by atoms with van der Waals surface area (Å²) in [6.45, 7) is 7.72. The fraction of sp³-hybridized carbons (Fsp3) is 0.346. The van der Waals surface area contributed by atoms with E-state index in [1.54, 1.807) is 14.0 Å². The summed E-state index contributed by atoms with van der Waals surface area (Å²) in [7, 11) is 1.64. The van der Waals surface area contributed by atoms with Gasteiger partial charge >= 0.3 is 6.03 Å². The Balaban J connectivity index is 1.63. The lowest BCUT2D eigenvalue weighted by Crippen LogP contribution is -2.41. The van der Waals surface area contributed by atoms with E-state index in [1.807, 2.05) is 73.9 Å². The van der Waals surface area contributed by atoms with Gasteiger partial charge in [0.2, 0.25) is 0 Å². The van der Waals surface area contributed by atoms with E-state index in [0.717, 1.165) is 27.1 Å². The van der Waals surface area contributed by atoms with Crippen molar-refractivity contribution in [2.24, 2.45) is 0 Å². The molecule has 1 aliphatic heterocycles. The summed E-state index contributed by atoms with van der Waals surface area (Å²) in [4.78, 5) is 40.5. The number of imide groups is 1. The second kappa shape index (κ2) is 8.48. The van der Waals surface area contributed by atoms with Crippen molar-refractivity contribution in [1.29, 1.82) is 0 Å². The number of Topliss-reactive ketones (excluding diaryl/α,β-unsaturated/α-hetero) is 1. The van der Waals surface area contributed by atoms with Crippen LogP contribution in [-0.4, -0.2) is 47.4 Å². The zero-order valence-corrected chi connectivity index (χ0v) is 19.6. The topological polar surface area (TPSA) is 80.6 Å². The van der Waals surface area contributed by atoms with E-state index in [4.69, 9.17) is 4.74 Å². The van der Waals surface area contributed by atoms with E-state index >= 15 is 0 Å². The number of aromatic nitrogens is 1. The molecule has 1 fully saturated rings. The molecular weight excluding hydrogens is 418 g/mol. The van der Waals surface area contributed by atoms with Crippen LogP contribution in [0, 0.1) is 13.8 Å². The first kappa shape index (κ1) is 22.7. The minimum atomic E-state index is -1.25. The van der Waals surface area contributed by atoms with Gasteiger partial charge < -0.3 is 14.6 Å². The van der Waals surface area contributed by atoms with Crippen molar-refractivity contribution in [2.45, 2.75) is 39.3 Å². The van der Waals surface area contributed by atoms with E-state index in [1.165, 1.54) is 0 Å². The minimum absolute atomic E-state index is 0.0583. The summed E-state index contributed by atoms with van der Waals surface area (Å²) < 4.78 is 7.30. The number of hydrogen-bond donors (Lipinski definition) is 1. The summed E-state index contributed by atoms with van der Waals surface area (Å²) in [5.74, 6) is -0.705. The summed E-state index contributed by atoms with van der Waals surface area (Å²) in [5, 5.41) is 4.69. The highest BCUT2D eigenvalue weighted by molar-refractivity contribution is 6.12.